The lowest BCUT2D eigenvalue weighted by Crippen LogP contribution is -2.35. The number of fused-ring (bicyclic) bond motifs is 3. The number of hydrogen-bond donors (Lipinski definition) is 0. The van der Waals surface area contributed by atoms with E-state index in [0.29, 0.717) is 47.8 Å². The highest BCUT2D eigenvalue weighted by Crippen LogP contribution is 2.44. The minimum Gasteiger partial charge on any atom is -0.493 e. The molecule has 1 amide bonds. The largest absolute Gasteiger partial charge is 0.493 e. The third kappa shape index (κ3) is 4.96. The Balaban J connectivity index is 1.57. The topological polar surface area (TPSA) is 109 Å². The average molecular weight is 584 g/mol. The standard InChI is InChI=1S/C31H29N5O5S/c1-4-41-31(38)28-22(15-36-18-32-17-33-36)34-29-27(26(28)20-10-11-23(39-2)24(14-20)40-3)21-12-13-35(16-25(21)42-29)30(37)19-8-6-5-7-9-19/h5-11,14,17-18H,4,12-13,15-16H2,1-3H3. The highest BCUT2D eigenvalue weighted by Gasteiger charge is 2.31. The number of carbonyl (C=O) groups excluding carboxylic acids is 2. The molecule has 0 fully saturated rings. The summed E-state index contributed by atoms with van der Waals surface area (Å²) >= 11 is 1.54. The van der Waals surface area contributed by atoms with E-state index in [1.165, 1.54) is 6.33 Å². The van der Waals surface area contributed by atoms with Gasteiger partial charge in [-0.05, 0) is 48.7 Å². The summed E-state index contributed by atoms with van der Waals surface area (Å²) < 4.78 is 18.3. The Morgan fingerprint density at radius 2 is 1.86 bits per heavy atom. The molecule has 5 aromatic rings. The van der Waals surface area contributed by atoms with Gasteiger partial charge in [0.15, 0.2) is 11.5 Å². The summed E-state index contributed by atoms with van der Waals surface area (Å²) in [5, 5.41) is 5.14. The zero-order valence-electron chi connectivity index (χ0n) is 23.5. The molecule has 0 N–H and O–H groups in total. The number of benzene rings is 2. The molecule has 6 rings (SSSR count). The maximum Gasteiger partial charge on any atom is 0.340 e. The van der Waals surface area contributed by atoms with Crippen molar-refractivity contribution in [2.45, 2.75) is 26.4 Å². The van der Waals surface area contributed by atoms with E-state index in [4.69, 9.17) is 19.2 Å². The van der Waals surface area contributed by atoms with E-state index >= 15 is 0 Å². The van der Waals surface area contributed by atoms with Gasteiger partial charge in [0.1, 0.15) is 17.5 Å². The van der Waals surface area contributed by atoms with Gasteiger partial charge in [-0.1, -0.05) is 24.3 Å². The summed E-state index contributed by atoms with van der Waals surface area (Å²) in [7, 11) is 3.16. The number of esters is 1. The molecule has 3 aromatic heterocycles. The van der Waals surface area contributed by atoms with Crippen molar-refractivity contribution >= 4 is 33.4 Å². The number of pyridine rings is 1. The second kappa shape index (κ2) is 11.6. The zero-order chi connectivity index (χ0) is 29.2. The van der Waals surface area contributed by atoms with Crippen molar-refractivity contribution in [2.75, 3.05) is 27.4 Å². The van der Waals surface area contributed by atoms with Crippen molar-refractivity contribution in [3.63, 3.8) is 0 Å². The van der Waals surface area contributed by atoms with Gasteiger partial charge in [0.2, 0.25) is 0 Å². The third-order valence-electron chi connectivity index (χ3n) is 7.30. The molecule has 0 radical (unpaired) electrons. The van der Waals surface area contributed by atoms with Crippen LogP contribution < -0.4 is 9.47 Å². The van der Waals surface area contributed by atoms with Gasteiger partial charge in [-0.25, -0.2) is 19.4 Å². The van der Waals surface area contributed by atoms with Crippen molar-refractivity contribution in [3.05, 3.63) is 88.4 Å². The van der Waals surface area contributed by atoms with Crippen molar-refractivity contribution < 1.29 is 23.8 Å². The molecule has 4 heterocycles. The van der Waals surface area contributed by atoms with Crippen molar-refractivity contribution in [2.24, 2.45) is 0 Å². The van der Waals surface area contributed by atoms with Crippen LogP contribution in [0.25, 0.3) is 21.3 Å². The fourth-order valence-electron chi connectivity index (χ4n) is 5.40. The molecule has 0 bridgehead atoms. The Hall–Kier alpha value is -4.77. The van der Waals surface area contributed by atoms with Crippen LogP contribution in [0.2, 0.25) is 0 Å². The summed E-state index contributed by atoms with van der Waals surface area (Å²) in [5.74, 6) is 0.639. The molecule has 214 valence electrons. The summed E-state index contributed by atoms with van der Waals surface area (Å²) in [6, 6.07) is 14.9. The van der Waals surface area contributed by atoms with Gasteiger partial charge in [0.25, 0.3) is 5.91 Å². The van der Waals surface area contributed by atoms with E-state index in [9.17, 15) is 9.59 Å². The number of methoxy groups -OCH3 is 2. The Morgan fingerprint density at radius 3 is 2.57 bits per heavy atom. The first kappa shape index (κ1) is 27.4. The number of amides is 1. The average Bonchev–Trinajstić information content (AvgIpc) is 3.67. The van der Waals surface area contributed by atoms with Gasteiger partial charge in [-0.2, -0.15) is 5.10 Å². The molecule has 0 saturated heterocycles. The van der Waals surface area contributed by atoms with E-state index in [2.05, 4.69) is 10.1 Å². The van der Waals surface area contributed by atoms with Crippen LogP contribution in [0, 0.1) is 0 Å². The first-order valence-electron chi connectivity index (χ1n) is 13.6. The van der Waals surface area contributed by atoms with Crippen LogP contribution in [0.3, 0.4) is 0 Å². The minimum absolute atomic E-state index is 0.00846. The molecule has 0 saturated carbocycles. The number of rotatable bonds is 8. The summed E-state index contributed by atoms with van der Waals surface area (Å²) in [4.78, 5) is 39.8. The normalized spacial score (nSPS) is 12.7. The van der Waals surface area contributed by atoms with Gasteiger partial charge >= 0.3 is 5.97 Å². The molecule has 2 aromatic carbocycles. The highest BCUT2D eigenvalue weighted by atomic mass is 32.1. The first-order chi connectivity index (χ1) is 20.5. The van der Waals surface area contributed by atoms with E-state index in [1.54, 1.807) is 43.5 Å². The lowest BCUT2D eigenvalue weighted by Gasteiger charge is -2.27. The molecule has 0 aliphatic carbocycles. The van der Waals surface area contributed by atoms with Crippen LogP contribution in [0.1, 0.15) is 43.8 Å². The lowest BCUT2D eigenvalue weighted by molar-refractivity contribution is 0.0525. The summed E-state index contributed by atoms with van der Waals surface area (Å²) in [6.45, 7) is 3.23. The lowest BCUT2D eigenvalue weighted by atomic mass is 9.91. The van der Waals surface area contributed by atoms with Crippen LogP contribution in [0.4, 0.5) is 0 Å². The van der Waals surface area contributed by atoms with Gasteiger partial charge < -0.3 is 19.1 Å². The van der Waals surface area contributed by atoms with E-state index in [-0.39, 0.29) is 19.1 Å². The number of thiophene rings is 1. The predicted molar refractivity (Wildman–Crippen MR) is 158 cm³/mol. The zero-order valence-corrected chi connectivity index (χ0v) is 24.3. The molecule has 42 heavy (non-hydrogen) atoms. The number of carbonyl (C=O) groups is 2. The number of hydrogen-bond acceptors (Lipinski definition) is 9. The molecule has 0 spiro atoms. The predicted octanol–water partition coefficient (Wildman–Crippen LogP) is 5.00. The Kier molecular flexibility index (Phi) is 7.58. The molecule has 11 heteroatoms. The summed E-state index contributed by atoms with van der Waals surface area (Å²) in [5.41, 5.74) is 4.12. The van der Waals surface area contributed by atoms with Crippen molar-refractivity contribution in [3.8, 4) is 22.6 Å². The molecular formula is C31H29N5O5S. The quantitative estimate of drug-likeness (QED) is 0.235. The van der Waals surface area contributed by atoms with Gasteiger partial charge in [-0.15, -0.1) is 11.3 Å². The Morgan fingerprint density at radius 1 is 1.05 bits per heavy atom. The fraction of sp³-hybridized carbons (Fsp3) is 0.258. The smallest absolute Gasteiger partial charge is 0.340 e. The number of aromatic nitrogens is 4. The molecule has 1 aliphatic heterocycles. The van der Waals surface area contributed by atoms with Crippen LogP contribution >= 0.6 is 11.3 Å². The highest BCUT2D eigenvalue weighted by molar-refractivity contribution is 7.19. The number of ether oxygens (including phenoxy) is 3. The third-order valence-corrected chi connectivity index (χ3v) is 8.41. The Bertz CT molecular complexity index is 1770. The maximum atomic E-state index is 13.7. The molecule has 1 aliphatic rings. The van der Waals surface area contributed by atoms with E-state index in [0.717, 1.165) is 31.8 Å². The van der Waals surface area contributed by atoms with Crippen molar-refractivity contribution in [1.29, 1.82) is 0 Å². The molecular weight excluding hydrogens is 554 g/mol. The second-order valence-corrected chi connectivity index (χ2v) is 10.8. The van der Waals surface area contributed by atoms with Crippen LogP contribution in [-0.2, 0) is 24.2 Å². The fourth-order valence-corrected chi connectivity index (χ4v) is 6.66. The first-order valence-corrected chi connectivity index (χ1v) is 14.4. The van der Waals surface area contributed by atoms with Gasteiger partial charge in [0, 0.05) is 27.9 Å². The SMILES string of the molecule is CCOC(=O)c1c(Cn2cncn2)nc2sc3c(c2c1-c1ccc(OC)c(OC)c1)CCN(C(=O)c1ccccc1)C3. The van der Waals surface area contributed by atoms with E-state index < -0.39 is 5.97 Å². The van der Waals surface area contributed by atoms with Crippen LogP contribution in [0.5, 0.6) is 11.5 Å². The van der Waals surface area contributed by atoms with Crippen LogP contribution in [0.15, 0.2) is 61.2 Å². The van der Waals surface area contributed by atoms with Crippen molar-refractivity contribution in [1.82, 2.24) is 24.6 Å². The van der Waals surface area contributed by atoms with E-state index in [1.807, 2.05) is 53.4 Å². The monoisotopic (exact) mass is 583 g/mol. The number of nitrogens with zero attached hydrogens (tertiary/aromatic N) is 5. The maximum absolute atomic E-state index is 13.7. The van der Waals surface area contributed by atoms with Gasteiger partial charge in [0.05, 0.1) is 45.2 Å². The summed E-state index contributed by atoms with van der Waals surface area (Å²) in [6.07, 6.45) is 3.66. The van der Waals surface area contributed by atoms with Gasteiger partial charge in [-0.3, -0.25) is 4.79 Å². The Labute approximate surface area is 246 Å². The second-order valence-electron chi connectivity index (χ2n) is 9.72. The minimum atomic E-state index is -0.469. The molecule has 10 nitrogen and oxygen atoms in total. The van der Waals surface area contributed by atoms with Crippen LogP contribution in [-0.4, -0.2) is 63.9 Å². The molecule has 0 unspecified atom stereocenters. The molecule has 0 atom stereocenters.